The van der Waals surface area contributed by atoms with Gasteiger partial charge in [0, 0.05) is 49.3 Å². The number of hydrogen-bond acceptors (Lipinski definition) is 4. The number of aromatic nitrogens is 1. The van der Waals surface area contributed by atoms with E-state index in [-0.39, 0.29) is 0 Å². The summed E-state index contributed by atoms with van der Waals surface area (Å²) in [5.74, 6) is 1.58. The Labute approximate surface area is 155 Å². The molecule has 1 unspecified atom stereocenters. The van der Waals surface area contributed by atoms with Crippen molar-refractivity contribution in [2.24, 2.45) is 0 Å². The molecule has 1 aromatic rings. The van der Waals surface area contributed by atoms with Crippen LogP contribution in [0.2, 0.25) is 0 Å². The van der Waals surface area contributed by atoms with Crippen LogP contribution >= 0.6 is 11.6 Å². The maximum Gasteiger partial charge on any atom is 0.144 e. The monoisotopic (exact) mass is 361 g/mol. The third-order valence-electron chi connectivity index (χ3n) is 4.84. The smallest absolute Gasteiger partial charge is 0.144 e. The van der Waals surface area contributed by atoms with Gasteiger partial charge in [-0.3, -0.25) is 4.90 Å². The number of halogens is 1. The molecule has 1 saturated heterocycles. The third-order valence-corrected chi connectivity index (χ3v) is 5.16. The average molecular weight is 362 g/mol. The van der Waals surface area contributed by atoms with Crippen molar-refractivity contribution in [3.63, 3.8) is 0 Å². The summed E-state index contributed by atoms with van der Waals surface area (Å²) in [5.41, 5.74) is 4.21. The molecule has 136 valence electrons. The second-order valence-electron chi connectivity index (χ2n) is 7.36. The summed E-state index contributed by atoms with van der Waals surface area (Å²) < 4.78 is 5.81. The molecule has 1 saturated carbocycles. The first-order chi connectivity index (χ1) is 12.0. The minimum Gasteiger partial charge on any atom is -0.360 e. The zero-order valence-corrected chi connectivity index (χ0v) is 16.2. The summed E-state index contributed by atoms with van der Waals surface area (Å²) in [6.45, 7) is 14.1. The Morgan fingerprint density at radius 2 is 2.20 bits per heavy atom. The molecule has 2 heterocycles. The van der Waals surface area contributed by atoms with Crippen molar-refractivity contribution in [3.05, 3.63) is 46.4 Å². The summed E-state index contributed by atoms with van der Waals surface area (Å²) in [6, 6.07) is 0.508. The second kappa shape index (κ2) is 7.90. The summed E-state index contributed by atoms with van der Waals surface area (Å²) in [6.07, 6.45) is 5.93. The Morgan fingerprint density at radius 3 is 2.80 bits per heavy atom. The molecule has 1 aromatic heterocycles. The van der Waals surface area contributed by atoms with Crippen molar-refractivity contribution in [1.82, 2.24) is 15.4 Å². The molecule has 1 aliphatic heterocycles. The van der Waals surface area contributed by atoms with Gasteiger partial charge in [0.15, 0.2) is 0 Å². The van der Waals surface area contributed by atoms with Gasteiger partial charge in [-0.25, -0.2) is 0 Å². The van der Waals surface area contributed by atoms with Crippen molar-refractivity contribution in [3.8, 4) is 0 Å². The lowest BCUT2D eigenvalue weighted by atomic mass is 9.99. The second-order valence-corrected chi connectivity index (χ2v) is 7.77. The minimum atomic E-state index is 0.508. The van der Waals surface area contributed by atoms with Crippen LogP contribution in [0.5, 0.6) is 0 Å². The SMILES string of the molecule is C=C/C=C(/Cl)C(=C(C)C)c1noc(C2CC2)c1CN1CCNC(C)C1. The Kier molecular flexibility index (Phi) is 5.82. The summed E-state index contributed by atoms with van der Waals surface area (Å²) in [4.78, 5) is 2.48. The molecular weight excluding hydrogens is 334 g/mol. The Hall–Kier alpha value is -1.36. The first-order valence-electron chi connectivity index (χ1n) is 9.11. The number of allylic oxidation sites excluding steroid dienone is 5. The molecule has 3 rings (SSSR count). The predicted molar refractivity (Wildman–Crippen MR) is 104 cm³/mol. The molecule has 1 atom stereocenters. The highest BCUT2D eigenvalue weighted by Crippen LogP contribution is 2.44. The lowest BCUT2D eigenvalue weighted by Gasteiger charge is -2.31. The quantitative estimate of drug-likeness (QED) is 0.760. The van der Waals surface area contributed by atoms with E-state index in [1.807, 2.05) is 6.08 Å². The molecule has 1 aliphatic carbocycles. The number of nitrogens with one attached hydrogen (secondary N) is 1. The lowest BCUT2D eigenvalue weighted by molar-refractivity contribution is 0.198. The number of rotatable bonds is 6. The molecule has 0 radical (unpaired) electrons. The van der Waals surface area contributed by atoms with Crippen LogP contribution in [0.25, 0.3) is 5.57 Å². The molecule has 0 bridgehead atoms. The standard InChI is InChI=1S/C20H28ClN3O/c1-5-6-17(21)18(13(2)3)19-16(20(25-23-19)15-7-8-15)12-24-10-9-22-14(4)11-24/h5-6,14-15,22H,1,7-12H2,2-4H3/b17-6+. The van der Waals surface area contributed by atoms with Gasteiger partial charge in [-0.05, 0) is 39.7 Å². The maximum absolute atomic E-state index is 6.55. The molecule has 0 amide bonds. The molecule has 25 heavy (non-hydrogen) atoms. The number of piperazine rings is 1. The predicted octanol–water partition coefficient (Wildman–Crippen LogP) is 4.45. The zero-order chi connectivity index (χ0) is 18.0. The van der Waals surface area contributed by atoms with Gasteiger partial charge in [0.2, 0.25) is 0 Å². The van der Waals surface area contributed by atoms with Crippen LogP contribution in [-0.4, -0.2) is 35.7 Å². The van der Waals surface area contributed by atoms with Gasteiger partial charge in [-0.2, -0.15) is 0 Å². The summed E-state index contributed by atoms with van der Waals surface area (Å²) in [7, 11) is 0. The first kappa shape index (κ1) is 18.4. The van der Waals surface area contributed by atoms with E-state index in [0.29, 0.717) is 17.0 Å². The van der Waals surface area contributed by atoms with Gasteiger partial charge in [-0.1, -0.05) is 35.0 Å². The third kappa shape index (κ3) is 4.25. The van der Waals surface area contributed by atoms with Crippen LogP contribution in [-0.2, 0) is 6.54 Å². The van der Waals surface area contributed by atoms with E-state index >= 15 is 0 Å². The van der Waals surface area contributed by atoms with Crippen LogP contribution in [0.15, 0.2) is 33.9 Å². The first-order valence-corrected chi connectivity index (χ1v) is 9.49. The van der Waals surface area contributed by atoms with E-state index in [2.05, 4.69) is 42.7 Å². The molecule has 0 aromatic carbocycles. The van der Waals surface area contributed by atoms with Crippen LogP contribution in [0.4, 0.5) is 0 Å². The molecule has 2 aliphatic rings. The normalized spacial score (nSPS) is 22.1. The zero-order valence-electron chi connectivity index (χ0n) is 15.4. The average Bonchev–Trinajstić information content (AvgIpc) is 3.31. The molecule has 0 spiro atoms. The molecule has 1 N–H and O–H groups in total. The Balaban J connectivity index is 1.97. The maximum atomic E-state index is 6.55. The largest absolute Gasteiger partial charge is 0.360 e. The van der Waals surface area contributed by atoms with Crippen molar-refractivity contribution in [2.75, 3.05) is 19.6 Å². The van der Waals surface area contributed by atoms with E-state index in [9.17, 15) is 0 Å². The molecule has 5 heteroatoms. The van der Waals surface area contributed by atoms with E-state index < -0.39 is 0 Å². The molecule has 4 nitrogen and oxygen atoms in total. The van der Waals surface area contributed by atoms with Gasteiger partial charge >= 0.3 is 0 Å². The van der Waals surface area contributed by atoms with Gasteiger partial charge in [-0.15, -0.1) is 0 Å². The van der Waals surface area contributed by atoms with Crippen molar-refractivity contribution >= 4 is 17.2 Å². The van der Waals surface area contributed by atoms with E-state index in [1.165, 1.54) is 18.4 Å². The van der Waals surface area contributed by atoms with Gasteiger partial charge in [0.05, 0.1) is 5.03 Å². The Morgan fingerprint density at radius 1 is 1.44 bits per heavy atom. The number of hydrogen-bond donors (Lipinski definition) is 1. The fraction of sp³-hybridized carbons (Fsp3) is 0.550. The molecule has 2 fully saturated rings. The van der Waals surface area contributed by atoms with Crippen LogP contribution in [0.1, 0.15) is 56.5 Å². The fourth-order valence-corrected chi connectivity index (χ4v) is 3.86. The van der Waals surface area contributed by atoms with Crippen LogP contribution in [0.3, 0.4) is 0 Å². The highest BCUT2D eigenvalue weighted by Gasteiger charge is 2.34. The topological polar surface area (TPSA) is 41.3 Å². The van der Waals surface area contributed by atoms with Gasteiger partial charge in [0.1, 0.15) is 11.5 Å². The van der Waals surface area contributed by atoms with Gasteiger partial charge in [0.25, 0.3) is 0 Å². The van der Waals surface area contributed by atoms with Crippen molar-refractivity contribution in [2.45, 2.75) is 52.1 Å². The van der Waals surface area contributed by atoms with Gasteiger partial charge < -0.3 is 9.84 Å². The van der Waals surface area contributed by atoms with E-state index in [4.69, 9.17) is 16.1 Å². The summed E-state index contributed by atoms with van der Waals surface area (Å²) >= 11 is 6.55. The number of nitrogens with zero attached hydrogens (tertiary/aromatic N) is 2. The molecular formula is C20H28ClN3O. The van der Waals surface area contributed by atoms with E-state index in [0.717, 1.165) is 48.8 Å². The Bertz CT molecular complexity index is 696. The van der Waals surface area contributed by atoms with Crippen molar-refractivity contribution < 1.29 is 4.52 Å². The summed E-state index contributed by atoms with van der Waals surface area (Å²) in [5, 5.41) is 8.62. The van der Waals surface area contributed by atoms with Crippen molar-refractivity contribution in [1.29, 1.82) is 0 Å². The lowest BCUT2D eigenvalue weighted by Crippen LogP contribution is -2.48. The minimum absolute atomic E-state index is 0.508. The highest BCUT2D eigenvalue weighted by atomic mass is 35.5. The highest BCUT2D eigenvalue weighted by molar-refractivity contribution is 6.37. The van der Waals surface area contributed by atoms with Crippen LogP contribution < -0.4 is 5.32 Å². The van der Waals surface area contributed by atoms with Crippen LogP contribution in [0, 0.1) is 0 Å². The van der Waals surface area contributed by atoms with E-state index in [1.54, 1.807) is 6.08 Å². The fourth-order valence-electron chi connectivity index (χ4n) is 3.49.